The van der Waals surface area contributed by atoms with E-state index in [4.69, 9.17) is 4.74 Å². The molecule has 8 nitrogen and oxygen atoms in total. The number of nitrogens with one attached hydrogen (secondary N) is 2. The van der Waals surface area contributed by atoms with Crippen molar-refractivity contribution in [2.45, 2.75) is 4.90 Å². The topological polar surface area (TPSA) is 101 Å². The Morgan fingerprint density at radius 2 is 2.00 bits per heavy atom. The van der Waals surface area contributed by atoms with Gasteiger partial charge in [0.2, 0.25) is 0 Å². The molecule has 0 unspecified atom stereocenters. The van der Waals surface area contributed by atoms with Crippen LogP contribution in [0.5, 0.6) is 0 Å². The first-order chi connectivity index (χ1) is 12.4. The number of aromatic nitrogens is 1. The zero-order valence-electron chi connectivity index (χ0n) is 13.2. The van der Waals surface area contributed by atoms with E-state index in [0.717, 1.165) is 12.1 Å². The Bertz CT molecular complexity index is 913. The first kappa shape index (κ1) is 18.6. The zero-order chi connectivity index (χ0) is 18.7. The van der Waals surface area contributed by atoms with Crippen molar-refractivity contribution in [2.75, 3.05) is 31.2 Å². The molecule has 140 valence electrons. The first-order valence-corrected chi connectivity index (χ1v) is 9.78. The van der Waals surface area contributed by atoms with Gasteiger partial charge in [0, 0.05) is 24.5 Å². The average Bonchev–Trinajstić information content (AvgIpc) is 3.10. The van der Waals surface area contributed by atoms with E-state index in [1.165, 1.54) is 16.7 Å². The average molecular weight is 404 g/mol. The number of rotatable bonds is 5. The van der Waals surface area contributed by atoms with Crippen molar-refractivity contribution in [3.05, 3.63) is 40.9 Å². The third-order valence-electron chi connectivity index (χ3n) is 3.49. The largest absolute Gasteiger partial charge is 0.378 e. The summed E-state index contributed by atoms with van der Waals surface area (Å²) >= 11 is 1.24. The van der Waals surface area contributed by atoms with Gasteiger partial charge in [0.05, 0.1) is 13.2 Å². The van der Waals surface area contributed by atoms with E-state index < -0.39 is 32.5 Å². The number of ether oxygens (including phenoxy) is 1. The van der Waals surface area contributed by atoms with Crippen LogP contribution >= 0.6 is 11.3 Å². The Balaban J connectivity index is 1.65. The predicted octanol–water partition coefficient (Wildman–Crippen LogP) is 0.881. The second-order valence-corrected chi connectivity index (χ2v) is 7.74. The molecule has 1 aliphatic rings. The van der Waals surface area contributed by atoms with Gasteiger partial charge in [0.15, 0.2) is 5.13 Å². The van der Waals surface area contributed by atoms with Crippen LogP contribution in [0.25, 0.3) is 0 Å². The fraction of sp³-hybridized carbons (Fsp3) is 0.286. The SMILES string of the molecule is O=C(NNS(=O)(=O)c1ccc(F)cc1F)c1csc(N2CCOCC2)n1. The Morgan fingerprint density at radius 1 is 1.27 bits per heavy atom. The predicted molar refractivity (Wildman–Crippen MR) is 89.3 cm³/mol. The number of anilines is 1. The van der Waals surface area contributed by atoms with Gasteiger partial charge in [0.25, 0.3) is 15.9 Å². The third-order valence-corrected chi connectivity index (χ3v) is 5.67. The molecule has 0 spiro atoms. The molecule has 1 aliphatic heterocycles. The molecule has 2 N–H and O–H groups in total. The van der Waals surface area contributed by atoms with Crippen LogP contribution in [0.2, 0.25) is 0 Å². The van der Waals surface area contributed by atoms with Gasteiger partial charge in [-0.25, -0.2) is 22.2 Å². The molecule has 1 fully saturated rings. The maximum atomic E-state index is 13.6. The van der Waals surface area contributed by atoms with Gasteiger partial charge in [-0.05, 0) is 12.1 Å². The summed E-state index contributed by atoms with van der Waals surface area (Å²) in [6.45, 7) is 2.41. The van der Waals surface area contributed by atoms with Gasteiger partial charge in [-0.1, -0.05) is 0 Å². The maximum absolute atomic E-state index is 13.6. The van der Waals surface area contributed by atoms with Crippen molar-refractivity contribution in [3.63, 3.8) is 0 Å². The van der Waals surface area contributed by atoms with E-state index in [2.05, 4.69) is 4.98 Å². The minimum atomic E-state index is -4.40. The Kier molecular flexibility index (Phi) is 5.46. The molecule has 0 bridgehead atoms. The summed E-state index contributed by atoms with van der Waals surface area (Å²) in [7, 11) is -4.40. The van der Waals surface area contributed by atoms with E-state index >= 15 is 0 Å². The minimum absolute atomic E-state index is 0.0127. The van der Waals surface area contributed by atoms with Crippen LogP contribution in [-0.4, -0.2) is 45.6 Å². The molecule has 0 aliphatic carbocycles. The summed E-state index contributed by atoms with van der Waals surface area (Å²) in [5.41, 5.74) is 1.97. The quantitative estimate of drug-likeness (QED) is 0.718. The zero-order valence-corrected chi connectivity index (χ0v) is 14.9. The third kappa shape index (κ3) is 4.15. The number of hydrogen-bond donors (Lipinski definition) is 2. The second kappa shape index (κ2) is 7.61. The van der Waals surface area contributed by atoms with Gasteiger partial charge in [-0.2, -0.15) is 0 Å². The molecule has 0 saturated carbocycles. The lowest BCUT2D eigenvalue weighted by molar-refractivity contribution is 0.0940. The molecular formula is C14H14F2N4O4S2. The molecule has 2 aromatic rings. The molecule has 1 aromatic carbocycles. The van der Waals surface area contributed by atoms with Crippen LogP contribution in [0.1, 0.15) is 10.5 Å². The van der Waals surface area contributed by atoms with Crippen molar-refractivity contribution in [1.82, 2.24) is 15.2 Å². The number of nitrogens with zero attached hydrogens (tertiary/aromatic N) is 2. The number of benzene rings is 1. The van der Waals surface area contributed by atoms with Gasteiger partial charge in [-0.3, -0.25) is 10.2 Å². The summed E-state index contributed by atoms with van der Waals surface area (Å²) in [5, 5.41) is 2.10. The monoisotopic (exact) mass is 404 g/mol. The van der Waals surface area contributed by atoms with Crippen LogP contribution < -0.4 is 15.2 Å². The lowest BCUT2D eigenvalue weighted by Gasteiger charge is -2.25. The highest BCUT2D eigenvalue weighted by molar-refractivity contribution is 7.89. The van der Waals surface area contributed by atoms with E-state index in [-0.39, 0.29) is 5.69 Å². The van der Waals surface area contributed by atoms with Crippen LogP contribution in [0.4, 0.5) is 13.9 Å². The maximum Gasteiger partial charge on any atom is 0.285 e. The molecular weight excluding hydrogens is 390 g/mol. The highest BCUT2D eigenvalue weighted by Crippen LogP contribution is 2.21. The van der Waals surface area contributed by atoms with E-state index in [1.807, 2.05) is 10.3 Å². The minimum Gasteiger partial charge on any atom is -0.378 e. The van der Waals surface area contributed by atoms with Crippen molar-refractivity contribution < 1.29 is 26.7 Å². The van der Waals surface area contributed by atoms with E-state index in [9.17, 15) is 22.0 Å². The highest BCUT2D eigenvalue weighted by Gasteiger charge is 2.22. The van der Waals surface area contributed by atoms with Gasteiger partial charge >= 0.3 is 0 Å². The van der Waals surface area contributed by atoms with E-state index in [1.54, 1.807) is 4.83 Å². The number of hydrogen-bond acceptors (Lipinski definition) is 7. The van der Waals surface area contributed by atoms with Crippen molar-refractivity contribution in [3.8, 4) is 0 Å². The molecule has 0 atom stereocenters. The van der Waals surface area contributed by atoms with Crippen LogP contribution in [-0.2, 0) is 14.8 Å². The second-order valence-electron chi connectivity index (χ2n) is 5.25. The normalized spacial score (nSPS) is 15.1. The van der Waals surface area contributed by atoms with Gasteiger partial charge in [-0.15, -0.1) is 16.2 Å². The van der Waals surface area contributed by atoms with Crippen LogP contribution in [0.15, 0.2) is 28.5 Å². The summed E-state index contributed by atoms with van der Waals surface area (Å²) in [6.07, 6.45) is 0. The van der Waals surface area contributed by atoms with E-state index in [0.29, 0.717) is 37.5 Å². The summed E-state index contributed by atoms with van der Waals surface area (Å²) in [5.74, 6) is -2.98. The fourth-order valence-corrected chi connectivity index (χ4v) is 3.95. The Labute approximate surface area is 151 Å². The first-order valence-electron chi connectivity index (χ1n) is 7.42. The molecule has 1 aromatic heterocycles. The van der Waals surface area contributed by atoms with Crippen molar-refractivity contribution >= 4 is 32.4 Å². The number of carbonyl (C=O) groups is 1. The van der Waals surface area contributed by atoms with Crippen LogP contribution in [0.3, 0.4) is 0 Å². The molecule has 2 heterocycles. The van der Waals surface area contributed by atoms with Gasteiger partial charge < -0.3 is 9.64 Å². The highest BCUT2D eigenvalue weighted by atomic mass is 32.2. The number of carbonyl (C=O) groups excluding carboxylic acids is 1. The molecule has 3 rings (SSSR count). The van der Waals surface area contributed by atoms with Crippen LogP contribution in [0, 0.1) is 11.6 Å². The Morgan fingerprint density at radius 3 is 2.69 bits per heavy atom. The molecule has 1 amide bonds. The lowest BCUT2D eigenvalue weighted by Crippen LogP contribution is -2.42. The number of halogens is 2. The van der Waals surface area contributed by atoms with Crippen molar-refractivity contribution in [2.24, 2.45) is 0 Å². The van der Waals surface area contributed by atoms with Gasteiger partial charge in [0.1, 0.15) is 22.2 Å². The summed E-state index contributed by atoms with van der Waals surface area (Å²) in [6, 6.07) is 2.00. The summed E-state index contributed by atoms with van der Waals surface area (Å²) < 4.78 is 55.8. The Hall–Kier alpha value is -2.15. The van der Waals surface area contributed by atoms with Crippen molar-refractivity contribution in [1.29, 1.82) is 0 Å². The fourth-order valence-electron chi connectivity index (χ4n) is 2.19. The molecule has 0 radical (unpaired) electrons. The standard InChI is InChI=1S/C14H14F2N4O4S2/c15-9-1-2-12(10(16)7-9)26(22,23)19-18-13(21)11-8-25-14(17-11)20-3-5-24-6-4-20/h1-2,7-8,19H,3-6H2,(H,18,21). The number of morpholine rings is 1. The molecule has 26 heavy (non-hydrogen) atoms. The number of sulfonamides is 1. The number of amides is 1. The number of thiazole rings is 1. The smallest absolute Gasteiger partial charge is 0.285 e. The summed E-state index contributed by atoms with van der Waals surface area (Å²) in [4.78, 5) is 19.1. The number of hydrazine groups is 1. The molecule has 12 heteroatoms. The lowest BCUT2D eigenvalue weighted by atomic mass is 10.3. The molecule has 1 saturated heterocycles.